The monoisotopic (exact) mass is 320 g/mol. The number of hydrogen-bond donors (Lipinski definition) is 2. The lowest BCUT2D eigenvalue weighted by Gasteiger charge is -2.36. The van der Waals surface area contributed by atoms with Gasteiger partial charge in [0.1, 0.15) is 11.6 Å². The predicted octanol–water partition coefficient (Wildman–Crippen LogP) is 0.964. The average Bonchev–Trinajstić information content (AvgIpc) is 2.55. The van der Waals surface area contributed by atoms with E-state index < -0.39 is 0 Å². The van der Waals surface area contributed by atoms with E-state index in [1.54, 1.807) is 0 Å². The highest BCUT2D eigenvalue weighted by Crippen LogP contribution is 2.32. The molecule has 1 aromatic rings. The smallest absolute Gasteiger partial charge is 0.223 e. The van der Waals surface area contributed by atoms with Crippen molar-refractivity contribution >= 4 is 17.6 Å². The van der Waals surface area contributed by atoms with Gasteiger partial charge in [-0.2, -0.15) is 9.97 Å². The summed E-state index contributed by atoms with van der Waals surface area (Å²) in [6.07, 6.45) is 3.09. The van der Waals surface area contributed by atoms with Crippen molar-refractivity contribution in [2.45, 2.75) is 32.2 Å². The third-order valence-electron chi connectivity index (χ3n) is 4.70. The Bertz CT molecular complexity index is 530. The summed E-state index contributed by atoms with van der Waals surface area (Å²) in [6.45, 7) is 7.69. The molecule has 1 unspecified atom stereocenters. The summed E-state index contributed by atoms with van der Waals surface area (Å²) in [5.74, 6) is 2.30. The van der Waals surface area contributed by atoms with Crippen LogP contribution in [0, 0.1) is 0 Å². The Morgan fingerprint density at radius 2 is 2.04 bits per heavy atom. The number of anilines is 3. The summed E-state index contributed by atoms with van der Waals surface area (Å²) in [7, 11) is 2.16. The molecule has 23 heavy (non-hydrogen) atoms. The van der Waals surface area contributed by atoms with Crippen LogP contribution in [0.15, 0.2) is 0 Å². The second-order valence-electron chi connectivity index (χ2n) is 6.39. The number of nitrogen functional groups attached to an aromatic ring is 1. The van der Waals surface area contributed by atoms with Crippen LogP contribution in [0.5, 0.6) is 0 Å². The quantitative estimate of drug-likeness (QED) is 0.782. The van der Waals surface area contributed by atoms with Crippen LogP contribution in [0.25, 0.3) is 0 Å². The minimum atomic E-state index is 0.357. The van der Waals surface area contributed by atoms with Crippen molar-refractivity contribution in [1.82, 2.24) is 14.9 Å². The molecule has 1 fully saturated rings. The first-order valence-corrected chi connectivity index (χ1v) is 8.61. The lowest BCUT2D eigenvalue weighted by molar-refractivity contribution is 0.140. The fourth-order valence-electron chi connectivity index (χ4n) is 3.29. The molecule has 1 saturated heterocycles. The average molecular weight is 320 g/mol. The molecular formula is C16H28N6O. The van der Waals surface area contributed by atoms with Gasteiger partial charge in [-0.15, -0.1) is 0 Å². The fourth-order valence-corrected chi connectivity index (χ4v) is 3.29. The third-order valence-corrected chi connectivity index (χ3v) is 4.70. The Morgan fingerprint density at radius 1 is 1.26 bits per heavy atom. The fraction of sp³-hybridized carbons (Fsp3) is 0.750. The van der Waals surface area contributed by atoms with Gasteiger partial charge in [0.05, 0.1) is 0 Å². The first kappa shape index (κ1) is 16.3. The molecule has 3 rings (SSSR count). The summed E-state index contributed by atoms with van der Waals surface area (Å²) >= 11 is 0. The molecule has 0 radical (unpaired) electrons. The van der Waals surface area contributed by atoms with E-state index in [0.29, 0.717) is 12.0 Å². The van der Waals surface area contributed by atoms with Crippen LogP contribution in [0.3, 0.4) is 0 Å². The van der Waals surface area contributed by atoms with E-state index in [1.165, 1.54) is 5.56 Å². The molecule has 1 atom stereocenters. The van der Waals surface area contributed by atoms with Crippen LogP contribution in [0.2, 0.25) is 0 Å². The number of piperazine rings is 1. The van der Waals surface area contributed by atoms with Crippen molar-refractivity contribution in [2.24, 2.45) is 0 Å². The summed E-state index contributed by atoms with van der Waals surface area (Å²) in [5.41, 5.74) is 7.18. The van der Waals surface area contributed by atoms with Gasteiger partial charge in [-0.05, 0) is 33.2 Å². The van der Waals surface area contributed by atoms with Crippen molar-refractivity contribution < 1.29 is 4.74 Å². The van der Waals surface area contributed by atoms with E-state index in [1.807, 2.05) is 6.92 Å². The molecule has 128 valence electrons. The number of hydrogen-bond acceptors (Lipinski definition) is 7. The summed E-state index contributed by atoms with van der Waals surface area (Å²) < 4.78 is 5.47. The Balaban J connectivity index is 1.74. The maximum absolute atomic E-state index is 5.96. The van der Waals surface area contributed by atoms with Crippen molar-refractivity contribution in [3.63, 3.8) is 0 Å². The van der Waals surface area contributed by atoms with Crippen LogP contribution in [-0.2, 0) is 11.2 Å². The first-order chi connectivity index (χ1) is 11.2. The number of nitrogens with two attached hydrogens (primary N) is 1. The van der Waals surface area contributed by atoms with Gasteiger partial charge >= 0.3 is 0 Å². The second-order valence-corrected chi connectivity index (χ2v) is 6.39. The van der Waals surface area contributed by atoms with Crippen molar-refractivity contribution in [2.75, 3.05) is 62.4 Å². The van der Waals surface area contributed by atoms with E-state index >= 15 is 0 Å². The Hall–Kier alpha value is -1.60. The molecule has 0 aliphatic carbocycles. The van der Waals surface area contributed by atoms with Crippen LogP contribution >= 0.6 is 0 Å². The van der Waals surface area contributed by atoms with E-state index in [-0.39, 0.29) is 0 Å². The van der Waals surface area contributed by atoms with Crippen LogP contribution in [-0.4, -0.2) is 67.4 Å². The summed E-state index contributed by atoms with van der Waals surface area (Å²) in [6, 6.07) is 0.406. The molecule has 0 saturated carbocycles. The maximum atomic E-state index is 5.96. The zero-order chi connectivity index (χ0) is 16.2. The minimum Gasteiger partial charge on any atom is -0.382 e. The Morgan fingerprint density at radius 3 is 2.78 bits per heavy atom. The SMILES string of the molecule is CCOCCC1CCc2c(nc(N)nc2N2CCN(C)CC2)N1. The molecule has 2 aliphatic rings. The topological polar surface area (TPSA) is 79.5 Å². The van der Waals surface area contributed by atoms with Crippen LogP contribution in [0.4, 0.5) is 17.6 Å². The molecule has 7 nitrogen and oxygen atoms in total. The Labute approximate surface area is 138 Å². The van der Waals surface area contributed by atoms with Gasteiger partial charge in [0.15, 0.2) is 0 Å². The van der Waals surface area contributed by atoms with Gasteiger partial charge in [0.25, 0.3) is 0 Å². The van der Waals surface area contributed by atoms with E-state index in [9.17, 15) is 0 Å². The predicted molar refractivity (Wildman–Crippen MR) is 93.0 cm³/mol. The van der Waals surface area contributed by atoms with Crippen LogP contribution < -0.4 is 16.0 Å². The normalized spacial score (nSPS) is 21.8. The molecule has 7 heteroatoms. The second kappa shape index (κ2) is 7.31. The molecule has 2 aliphatic heterocycles. The number of nitrogens with one attached hydrogen (secondary N) is 1. The van der Waals surface area contributed by atoms with Gasteiger partial charge in [-0.3, -0.25) is 0 Å². The molecule has 0 bridgehead atoms. The lowest BCUT2D eigenvalue weighted by atomic mass is 9.98. The Kier molecular flexibility index (Phi) is 5.17. The van der Waals surface area contributed by atoms with Gasteiger partial charge in [-0.1, -0.05) is 0 Å². The molecule has 3 heterocycles. The highest BCUT2D eigenvalue weighted by atomic mass is 16.5. The van der Waals surface area contributed by atoms with Gasteiger partial charge in [-0.25, -0.2) is 0 Å². The van der Waals surface area contributed by atoms with Crippen LogP contribution in [0.1, 0.15) is 25.3 Å². The number of fused-ring (bicyclic) bond motifs is 1. The zero-order valence-corrected chi connectivity index (χ0v) is 14.2. The van der Waals surface area contributed by atoms with Crippen molar-refractivity contribution in [3.8, 4) is 0 Å². The number of ether oxygens (including phenoxy) is 1. The number of nitrogens with zero attached hydrogens (tertiary/aromatic N) is 4. The number of likely N-dealkylation sites (N-methyl/N-ethyl adjacent to an activating group) is 1. The first-order valence-electron chi connectivity index (χ1n) is 8.61. The highest BCUT2D eigenvalue weighted by molar-refractivity contribution is 5.63. The van der Waals surface area contributed by atoms with E-state index in [0.717, 1.165) is 70.3 Å². The highest BCUT2D eigenvalue weighted by Gasteiger charge is 2.26. The standard InChI is InChI=1S/C16H28N6O/c1-3-23-11-6-12-4-5-13-14(18-12)19-16(17)20-15(13)22-9-7-21(2)8-10-22/h12H,3-11H2,1-2H3,(H3,17,18,19,20). The van der Waals surface area contributed by atoms with Gasteiger partial charge in [0, 0.05) is 51.0 Å². The molecule has 0 amide bonds. The number of rotatable bonds is 5. The van der Waals surface area contributed by atoms with Gasteiger partial charge in [0.2, 0.25) is 5.95 Å². The van der Waals surface area contributed by atoms with E-state index in [4.69, 9.17) is 10.5 Å². The number of aromatic nitrogens is 2. The van der Waals surface area contributed by atoms with Gasteiger partial charge < -0.3 is 25.6 Å². The molecular weight excluding hydrogens is 292 g/mol. The summed E-state index contributed by atoms with van der Waals surface area (Å²) in [4.78, 5) is 13.7. The lowest BCUT2D eigenvalue weighted by Crippen LogP contribution is -2.45. The van der Waals surface area contributed by atoms with E-state index in [2.05, 4.69) is 32.1 Å². The summed E-state index contributed by atoms with van der Waals surface area (Å²) in [5, 5.41) is 3.54. The maximum Gasteiger partial charge on any atom is 0.223 e. The largest absolute Gasteiger partial charge is 0.382 e. The molecule has 3 N–H and O–H groups in total. The minimum absolute atomic E-state index is 0.357. The zero-order valence-electron chi connectivity index (χ0n) is 14.2. The van der Waals surface area contributed by atoms with Crippen molar-refractivity contribution in [1.29, 1.82) is 0 Å². The molecule has 1 aromatic heterocycles. The molecule has 0 aromatic carbocycles. The third kappa shape index (κ3) is 3.84. The molecule has 0 spiro atoms. The van der Waals surface area contributed by atoms with Crippen molar-refractivity contribution in [3.05, 3.63) is 5.56 Å².